The van der Waals surface area contributed by atoms with Crippen molar-refractivity contribution in [1.82, 2.24) is 15.2 Å². The van der Waals surface area contributed by atoms with Crippen LogP contribution in [0.2, 0.25) is 0 Å². The molecular weight excluding hydrogens is 350 g/mol. The van der Waals surface area contributed by atoms with E-state index in [-0.39, 0.29) is 10.6 Å². The first kappa shape index (κ1) is 15.6. The monoisotopic (exact) mass is 369 g/mol. The van der Waals surface area contributed by atoms with Crippen molar-refractivity contribution in [1.29, 1.82) is 0 Å². The Kier molecular flexibility index (Phi) is 4.60. The Morgan fingerprint density at radius 1 is 1.41 bits per heavy atom. The minimum Gasteiger partial charge on any atom is -0.354 e. The molecule has 2 fully saturated rings. The lowest BCUT2D eigenvalue weighted by atomic mass is 10.2. The average molecular weight is 370 g/mol. The third-order valence-electron chi connectivity index (χ3n) is 4.55. The molecule has 1 atom stereocenters. The second kappa shape index (κ2) is 6.47. The molecule has 120 valence electrons. The van der Waals surface area contributed by atoms with Crippen molar-refractivity contribution in [2.24, 2.45) is 0 Å². The zero-order valence-corrected chi connectivity index (χ0v) is 14.2. The van der Waals surface area contributed by atoms with Crippen LogP contribution in [-0.2, 0) is 0 Å². The standard InChI is InChI=1S/C14H20BrN5O2/c1-10-12(20(21)22)8-17-14(13(10)15)19-5-2-11(9-19)18-6-3-16-4-7-18/h8,11,16H,2-7,9H2,1H3. The van der Waals surface area contributed by atoms with Gasteiger partial charge in [0.05, 0.1) is 9.40 Å². The van der Waals surface area contributed by atoms with Crippen LogP contribution in [0.15, 0.2) is 10.7 Å². The molecular formula is C14H20BrN5O2. The van der Waals surface area contributed by atoms with E-state index in [9.17, 15) is 10.1 Å². The number of piperazine rings is 1. The molecule has 3 rings (SSSR count). The Hall–Kier alpha value is -1.25. The summed E-state index contributed by atoms with van der Waals surface area (Å²) in [4.78, 5) is 19.7. The number of halogens is 1. The summed E-state index contributed by atoms with van der Waals surface area (Å²) < 4.78 is 0.739. The zero-order valence-electron chi connectivity index (χ0n) is 12.6. The van der Waals surface area contributed by atoms with Gasteiger partial charge in [0.2, 0.25) is 0 Å². The number of pyridine rings is 1. The van der Waals surface area contributed by atoms with E-state index in [0.29, 0.717) is 11.6 Å². The van der Waals surface area contributed by atoms with Gasteiger partial charge in [-0.1, -0.05) is 0 Å². The smallest absolute Gasteiger partial charge is 0.291 e. The fourth-order valence-corrected chi connectivity index (χ4v) is 3.80. The molecule has 1 aromatic heterocycles. The van der Waals surface area contributed by atoms with E-state index in [1.807, 2.05) is 0 Å². The van der Waals surface area contributed by atoms with Gasteiger partial charge in [0, 0.05) is 50.9 Å². The van der Waals surface area contributed by atoms with Crippen LogP contribution in [-0.4, -0.2) is 60.1 Å². The molecule has 2 aliphatic heterocycles. The minimum atomic E-state index is -0.385. The van der Waals surface area contributed by atoms with E-state index in [1.54, 1.807) is 6.92 Å². The maximum absolute atomic E-state index is 11.0. The molecule has 22 heavy (non-hydrogen) atoms. The highest BCUT2D eigenvalue weighted by molar-refractivity contribution is 9.10. The Balaban J connectivity index is 1.75. The molecule has 8 heteroatoms. The van der Waals surface area contributed by atoms with E-state index in [1.165, 1.54) is 6.20 Å². The molecule has 0 amide bonds. The highest BCUT2D eigenvalue weighted by Gasteiger charge is 2.31. The Labute approximate surface area is 138 Å². The zero-order chi connectivity index (χ0) is 15.7. The number of anilines is 1. The van der Waals surface area contributed by atoms with Crippen molar-refractivity contribution in [2.75, 3.05) is 44.2 Å². The number of nitrogens with zero attached hydrogens (tertiary/aromatic N) is 4. The van der Waals surface area contributed by atoms with E-state index >= 15 is 0 Å². The summed E-state index contributed by atoms with van der Waals surface area (Å²) in [6, 6.07) is 0.547. The van der Waals surface area contributed by atoms with Crippen molar-refractivity contribution in [3.8, 4) is 0 Å². The van der Waals surface area contributed by atoms with E-state index < -0.39 is 0 Å². The lowest BCUT2D eigenvalue weighted by molar-refractivity contribution is -0.385. The van der Waals surface area contributed by atoms with Gasteiger partial charge < -0.3 is 10.2 Å². The second-order valence-electron chi connectivity index (χ2n) is 5.84. The highest BCUT2D eigenvalue weighted by atomic mass is 79.9. The molecule has 0 saturated carbocycles. The first-order valence-corrected chi connectivity index (χ1v) is 8.36. The topological polar surface area (TPSA) is 74.5 Å². The Bertz CT molecular complexity index is 577. The molecule has 2 saturated heterocycles. The van der Waals surface area contributed by atoms with Crippen LogP contribution in [0.1, 0.15) is 12.0 Å². The molecule has 0 aliphatic carbocycles. The van der Waals surface area contributed by atoms with Crippen molar-refractivity contribution >= 4 is 27.4 Å². The van der Waals surface area contributed by atoms with E-state index in [2.05, 4.69) is 36.0 Å². The predicted octanol–water partition coefficient (Wildman–Crippen LogP) is 1.54. The summed E-state index contributed by atoms with van der Waals surface area (Å²) in [6.07, 6.45) is 2.48. The predicted molar refractivity (Wildman–Crippen MR) is 88.4 cm³/mol. The number of nitro groups is 1. The van der Waals surface area contributed by atoms with Gasteiger partial charge in [-0.3, -0.25) is 15.0 Å². The minimum absolute atomic E-state index is 0.0634. The number of rotatable bonds is 3. The van der Waals surface area contributed by atoms with Crippen LogP contribution in [0.4, 0.5) is 11.5 Å². The summed E-state index contributed by atoms with van der Waals surface area (Å²) in [5.74, 6) is 0.820. The lowest BCUT2D eigenvalue weighted by Gasteiger charge is -2.32. The van der Waals surface area contributed by atoms with Crippen LogP contribution in [0, 0.1) is 17.0 Å². The average Bonchev–Trinajstić information content (AvgIpc) is 3.00. The van der Waals surface area contributed by atoms with Crippen LogP contribution < -0.4 is 10.2 Å². The lowest BCUT2D eigenvalue weighted by Crippen LogP contribution is -2.49. The quantitative estimate of drug-likeness (QED) is 0.643. The summed E-state index contributed by atoms with van der Waals surface area (Å²) in [5, 5.41) is 14.4. The molecule has 2 aliphatic rings. The van der Waals surface area contributed by atoms with Crippen LogP contribution >= 0.6 is 15.9 Å². The van der Waals surface area contributed by atoms with Gasteiger partial charge in [-0.25, -0.2) is 4.98 Å². The van der Waals surface area contributed by atoms with Gasteiger partial charge in [0.25, 0.3) is 5.69 Å². The fourth-order valence-electron chi connectivity index (χ4n) is 3.24. The van der Waals surface area contributed by atoms with Gasteiger partial charge in [0.1, 0.15) is 12.0 Å². The van der Waals surface area contributed by atoms with Gasteiger partial charge >= 0.3 is 0 Å². The largest absolute Gasteiger partial charge is 0.354 e. The molecule has 3 heterocycles. The number of aromatic nitrogens is 1. The third kappa shape index (κ3) is 2.95. The van der Waals surface area contributed by atoms with Gasteiger partial charge in [-0.15, -0.1) is 0 Å². The van der Waals surface area contributed by atoms with Gasteiger partial charge in [0.15, 0.2) is 0 Å². The van der Waals surface area contributed by atoms with E-state index in [0.717, 1.165) is 56.0 Å². The maximum Gasteiger partial charge on any atom is 0.291 e. The first-order valence-electron chi connectivity index (χ1n) is 7.57. The number of hydrogen-bond acceptors (Lipinski definition) is 6. The molecule has 1 N–H and O–H groups in total. The first-order chi connectivity index (χ1) is 10.6. The highest BCUT2D eigenvalue weighted by Crippen LogP contribution is 2.34. The molecule has 7 nitrogen and oxygen atoms in total. The summed E-state index contributed by atoms with van der Waals surface area (Å²) >= 11 is 3.49. The molecule has 0 radical (unpaired) electrons. The molecule has 0 bridgehead atoms. The van der Waals surface area contributed by atoms with Crippen LogP contribution in [0.25, 0.3) is 0 Å². The summed E-state index contributed by atoms with van der Waals surface area (Å²) in [7, 11) is 0. The van der Waals surface area contributed by atoms with Crippen LogP contribution in [0.3, 0.4) is 0 Å². The van der Waals surface area contributed by atoms with E-state index in [4.69, 9.17) is 0 Å². The van der Waals surface area contributed by atoms with Crippen LogP contribution in [0.5, 0.6) is 0 Å². The molecule has 0 spiro atoms. The second-order valence-corrected chi connectivity index (χ2v) is 6.63. The fraction of sp³-hybridized carbons (Fsp3) is 0.643. The molecule has 1 unspecified atom stereocenters. The number of hydrogen-bond donors (Lipinski definition) is 1. The van der Waals surface area contributed by atoms with Crippen molar-refractivity contribution < 1.29 is 4.92 Å². The summed E-state index contributed by atoms with van der Waals surface area (Å²) in [6.45, 7) is 7.92. The SMILES string of the molecule is Cc1c([N+](=O)[O-])cnc(N2CCC(N3CCNCC3)C2)c1Br. The molecule has 1 aromatic rings. The number of nitrogens with one attached hydrogen (secondary N) is 1. The van der Waals surface area contributed by atoms with Gasteiger partial charge in [-0.05, 0) is 29.3 Å². The summed E-state index contributed by atoms with van der Waals surface area (Å²) in [5.41, 5.74) is 0.703. The molecule has 0 aromatic carbocycles. The third-order valence-corrected chi connectivity index (χ3v) is 5.50. The van der Waals surface area contributed by atoms with Gasteiger partial charge in [-0.2, -0.15) is 0 Å². The van der Waals surface area contributed by atoms with Crippen molar-refractivity contribution in [2.45, 2.75) is 19.4 Å². The normalized spacial score (nSPS) is 23.0. The van der Waals surface area contributed by atoms with Crippen molar-refractivity contribution in [3.63, 3.8) is 0 Å². The Morgan fingerprint density at radius 3 is 2.82 bits per heavy atom. The van der Waals surface area contributed by atoms with Crippen molar-refractivity contribution in [3.05, 3.63) is 26.3 Å². The maximum atomic E-state index is 11.0. The Morgan fingerprint density at radius 2 is 2.14 bits per heavy atom.